The minimum atomic E-state index is -2.87. The average Bonchev–Trinajstić information content (AvgIpc) is 3.36. The number of halogens is 3. The second-order valence-corrected chi connectivity index (χ2v) is 8.55. The Labute approximate surface area is 187 Å². The third kappa shape index (κ3) is 3.93. The predicted molar refractivity (Wildman–Crippen MR) is 112 cm³/mol. The number of nitrogens with zero attached hydrogens (tertiary/aromatic N) is 5. The highest BCUT2D eigenvalue weighted by atomic mass is 19.3. The van der Waals surface area contributed by atoms with Crippen LogP contribution in [0.4, 0.5) is 30.6 Å². The number of rotatable bonds is 5. The second-order valence-electron chi connectivity index (χ2n) is 8.55. The van der Waals surface area contributed by atoms with Crippen LogP contribution in [0, 0.1) is 11.7 Å². The highest BCUT2D eigenvalue weighted by Crippen LogP contribution is 2.51. The van der Waals surface area contributed by atoms with Gasteiger partial charge in [-0.15, -0.1) is 0 Å². The number of pyridine rings is 1. The van der Waals surface area contributed by atoms with Crippen LogP contribution in [0.15, 0.2) is 24.5 Å². The number of alkyl halides is 2. The van der Waals surface area contributed by atoms with Gasteiger partial charge in [-0.2, -0.15) is 4.98 Å². The fourth-order valence-corrected chi connectivity index (χ4v) is 4.62. The molecule has 1 aliphatic carbocycles. The molecule has 3 atom stereocenters. The summed E-state index contributed by atoms with van der Waals surface area (Å²) in [4.78, 5) is 40.3. The first-order valence-corrected chi connectivity index (χ1v) is 10.7. The Hall–Kier alpha value is -3.44. The number of carbonyl (C=O) groups excluding carboxylic acids is 2. The molecule has 4 heterocycles. The largest absolute Gasteiger partial charge is 0.354 e. The fourth-order valence-electron chi connectivity index (χ4n) is 4.62. The van der Waals surface area contributed by atoms with Crippen molar-refractivity contribution in [2.75, 3.05) is 30.4 Å². The molecular formula is C21H22F3N7O2. The van der Waals surface area contributed by atoms with Gasteiger partial charge in [-0.1, -0.05) is 0 Å². The van der Waals surface area contributed by atoms with Crippen LogP contribution < -0.4 is 15.5 Å². The topological polar surface area (TPSA) is 103 Å². The molecule has 0 radical (unpaired) electrons. The van der Waals surface area contributed by atoms with Gasteiger partial charge in [0.05, 0.1) is 11.9 Å². The smallest absolute Gasteiger partial charge is 0.272 e. The summed E-state index contributed by atoms with van der Waals surface area (Å²) in [6.07, 6.45) is 4.04. The van der Waals surface area contributed by atoms with Gasteiger partial charge in [0.1, 0.15) is 11.7 Å². The summed E-state index contributed by atoms with van der Waals surface area (Å²) < 4.78 is 41.0. The number of carbonyl (C=O) groups is 2. The molecule has 2 unspecified atom stereocenters. The zero-order valence-electron chi connectivity index (χ0n) is 17.8. The minimum Gasteiger partial charge on any atom is -0.354 e. The van der Waals surface area contributed by atoms with Crippen LogP contribution in [0.5, 0.6) is 0 Å². The number of nitrogens with one attached hydrogen (secondary N) is 2. The summed E-state index contributed by atoms with van der Waals surface area (Å²) in [6.45, 7) is 0.988. The molecule has 2 aromatic heterocycles. The van der Waals surface area contributed by atoms with Gasteiger partial charge in [0, 0.05) is 50.9 Å². The lowest BCUT2D eigenvalue weighted by Crippen LogP contribution is -2.56. The quantitative estimate of drug-likeness (QED) is 0.702. The van der Waals surface area contributed by atoms with E-state index in [0.29, 0.717) is 18.9 Å². The van der Waals surface area contributed by atoms with E-state index in [9.17, 15) is 22.8 Å². The van der Waals surface area contributed by atoms with Gasteiger partial charge in [-0.25, -0.2) is 23.1 Å². The van der Waals surface area contributed by atoms with Crippen LogP contribution in [-0.4, -0.2) is 69.8 Å². The highest BCUT2D eigenvalue weighted by molar-refractivity contribution is 5.92. The van der Waals surface area contributed by atoms with Gasteiger partial charge in [0.2, 0.25) is 11.9 Å². The van der Waals surface area contributed by atoms with Crippen molar-refractivity contribution in [3.8, 4) is 0 Å². The third-order valence-electron chi connectivity index (χ3n) is 6.37. The molecule has 12 heteroatoms. The molecule has 2 aliphatic heterocycles. The Kier molecular flexibility index (Phi) is 5.09. The van der Waals surface area contributed by atoms with Crippen molar-refractivity contribution in [3.63, 3.8) is 0 Å². The highest BCUT2D eigenvalue weighted by Gasteiger charge is 2.64. The molecule has 2 amide bonds. The lowest BCUT2D eigenvalue weighted by atomic mass is 10.1. The molecule has 3 fully saturated rings. The van der Waals surface area contributed by atoms with E-state index in [-0.39, 0.29) is 35.8 Å². The summed E-state index contributed by atoms with van der Waals surface area (Å²) in [5.41, 5.74) is -0.0391. The van der Waals surface area contributed by atoms with Gasteiger partial charge in [-0.3, -0.25) is 9.59 Å². The van der Waals surface area contributed by atoms with E-state index in [1.807, 2.05) is 4.90 Å². The van der Waals surface area contributed by atoms with E-state index in [2.05, 4.69) is 25.6 Å². The van der Waals surface area contributed by atoms with E-state index in [1.165, 1.54) is 13.2 Å². The van der Waals surface area contributed by atoms with Crippen molar-refractivity contribution in [1.29, 1.82) is 0 Å². The second kappa shape index (κ2) is 7.85. The molecule has 2 bridgehead atoms. The maximum atomic E-state index is 14.2. The molecule has 5 rings (SSSR count). The molecular weight excluding hydrogens is 439 g/mol. The normalized spacial score (nSPS) is 25.0. The van der Waals surface area contributed by atoms with E-state index in [1.54, 1.807) is 17.2 Å². The maximum Gasteiger partial charge on any atom is 0.272 e. The van der Waals surface area contributed by atoms with Gasteiger partial charge in [-0.05, 0) is 18.9 Å². The van der Waals surface area contributed by atoms with E-state index < -0.39 is 29.5 Å². The molecule has 0 aromatic carbocycles. The van der Waals surface area contributed by atoms with Gasteiger partial charge < -0.3 is 20.4 Å². The van der Waals surface area contributed by atoms with Crippen LogP contribution >= 0.6 is 0 Å². The molecule has 3 aliphatic rings. The first-order chi connectivity index (χ1) is 15.8. The molecule has 0 spiro atoms. The molecule has 174 valence electrons. The Morgan fingerprint density at radius 2 is 1.88 bits per heavy atom. The lowest BCUT2D eigenvalue weighted by Gasteiger charge is -2.41. The molecule has 2 aromatic rings. The monoisotopic (exact) mass is 461 g/mol. The van der Waals surface area contributed by atoms with Crippen molar-refractivity contribution in [2.45, 2.75) is 37.3 Å². The minimum absolute atomic E-state index is 0.130. The Balaban J connectivity index is 1.28. The summed E-state index contributed by atoms with van der Waals surface area (Å²) in [6, 6.07) is 2.60. The lowest BCUT2D eigenvalue weighted by molar-refractivity contribution is -0.138. The first kappa shape index (κ1) is 21.4. The van der Waals surface area contributed by atoms with Gasteiger partial charge >= 0.3 is 0 Å². The predicted octanol–water partition coefficient (Wildman–Crippen LogP) is 1.95. The number of aromatic nitrogens is 3. The Morgan fingerprint density at radius 1 is 1.18 bits per heavy atom. The first-order valence-electron chi connectivity index (χ1n) is 10.7. The molecule has 1 saturated carbocycles. The molecule has 2 N–H and O–H groups in total. The summed E-state index contributed by atoms with van der Waals surface area (Å²) in [5.74, 6) is -5.07. The Bertz CT molecular complexity index is 1100. The third-order valence-corrected chi connectivity index (χ3v) is 6.37. The van der Waals surface area contributed by atoms with Crippen LogP contribution in [0.1, 0.15) is 29.8 Å². The zero-order valence-corrected chi connectivity index (χ0v) is 17.8. The molecule has 9 nitrogen and oxygen atoms in total. The summed E-state index contributed by atoms with van der Waals surface area (Å²) >= 11 is 0. The van der Waals surface area contributed by atoms with Crippen LogP contribution in [0.25, 0.3) is 0 Å². The Morgan fingerprint density at radius 3 is 2.48 bits per heavy atom. The summed E-state index contributed by atoms with van der Waals surface area (Å²) in [5, 5.41) is 5.19. The van der Waals surface area contributed by atoms with Crippen LogP contribution in [0.3, 0.4) is 0 Å². The van der Waals surface area contributed by atoms with Crippen LogP contribution in [0.2, 0.25) is 0 Å². The van der Waals surface area contributed by atoms with Crippen molar-refractivity contribution in [1.82, 2.24) is 25.2 Å². The number of amides is 2. The van der Waals surface area contributed by atoms with E-state index in [0.717, 1.165) is 18.9 Å². The van der Waals surface area contributed by atoms with E-state index >= 15 is 0 Å². The van der Waals surface area contributed by atoms with Gasteiger partial charge in [0.15, 0.2) is 11.5 Å². The van der Waals surface area contributed by atoms with Crippen molar-refractivity contribution < 1.29 is 22.8 Å². The average molecular weight is 461 g/mol. The molecule has 33 heavy (non-hydrogen) atoms. The number of hydrogen-bond acceptors (Lipinski definition) is 7. The number of fused-ring (bicyclic) bond motifs is 2. The maximum absolute atomic E-state index is 14.2. The number of anilines is 3. The zero-order chi connectivity index (χ0) is 23.3. The van der Waals surface area contributed by atoms with Gasteiger partial charge in [0.25, 0.3) is 11.8 Å². The molecule has 2 saturated heterocycles. The van der Waals surface area contributed by atoms with Crippen molar-refractivity contribution >= 4 is 29.3 Å². The number of piperazine rings is 1. The SMILES string of the molecule is CNC(=O)c1ncc(Nc2nccc(N3CC4CC[C@@H](C3)N4C(=O)C3CC3(F)F)n2)cc1F. The fraction of sp³-hybridized carbons (Fsp3) is 0.476. The summed E-state index contributed by atoms with van der Waals surface area (Å²) in [7, 11) is 1.39. The van der Waals surface area contributed by atoms with Crippen LogP contribution in [-0.2, 0) is 4.79 Å². The number of hydrogen-bond donors (Lipinski definition) is 2. The van der Waals surface area contributed by atoms with Crippen molar-refractivity contribution in [3.05, 3.63) is 36.0 Å². The van der Waals surface area contributed by atoms with Crippen molar-refractivity contribution in [2.24, 2.45) is 5.92 Å². The standard InChI is InChI=1S/C21H22F3N7O2/c1-25-18(32)17-15(22)6-11(8-27-17)28-20-26-5-4-16(29-20)30-9-12-2-3-13(10-30)31(12)19(33)14-7-21(14,23)24/h4-6,8,12-14H,2-3,7,9-10H2,1H3,(H,25,32)(H,26,28,29)/t12-,13?,14?/m0/s1. The van der Waals surface area contributed by atoms with E-state index in [4.69, 9.17) is 0 Å².